The van der Waals surface area contributed by atoms with Gasteiger partial charge in [-0.2, -0.15) is 0 Å². The minimum absolute atomic E-state index is 0.210. The number of aromatic nitrogens is 2. The van der Waals surface area contributed by atoms with Crippen molar-refractivity contribution in [3.05, 3.63) is 51.9 Å². The van der Waals surface area contributed by atoms with Crippen LogP contribution in [0.25, 0.3) is 21.3 Å². The number of nitrogens with one attached hydrogen (secondary N) is 1. The summed E-state index contributed by atoms with van der Waals surface area (Å²) in [7, 11) is 0. The van der Waals surface area contributed by atoms with Crippen molar-refractivity contribution in [1.29, 1.82) is 0 Å². The Morgan fingerprint density at radius 3 is 2.68 bits per heavy atom. The molecule has 0 bridgehead atoms. The number of carbonyl (C=O) groups is 2. The number of ether oxygens (including phenoxy) is 1. The van der Waals surface area contributed by atoms with E-state index in [4.69, 9.17) is 10.5 Å². The fourth-order valence-electron chi connectivity index (χ4n) is 2.49. The zero-order valence-corrected chi connectivity index (χ0v) is 16.9. The zero-order valence-electron chi connectivity index (χ0n) is 15.3. The summed E-state index contributed by atoms with van der Waals surface area (Å²) >= 11 is 2.66. The monoisotopic (exact) mass is 417 g/mol. The summed E-state index contributed by atoms with van der Waals surface area (Å²) in [6.45, 7) is 3.09. The van der Waals surface area contributed by atoms with Gasteiger partial charge in [0.05, 0.1) is 11.1 Å². The Balaban J connectivity index is 1.74. The molecule has 3 rings (SSSR count). The fraction of sp³-hybridized carbons (Fsp3) is 0.263. The maximum absolute atomic E-state index is 12.6. The third-order valence-electron chi connectivity index (χ3n) is 4.07. The molecule has 0 aliphatic carbocycles. The molecule has 1 aromatic carbocycles. The van der Waals surface area contributed by atoms with Crippen LogP contribution in [-0.2, 0) is 20.1 Å². The van der Waals surface area contributed by atoms with Crippen LogP contribution in [0.15, 0.2) is 40.5 Å². The van der Waals surface area contributed by atoms with E-state index in [2.05, 4.69) is 9.97 Å². The van der Waals surface area contributed by atoms with E-state index in [0.717, 1.165) is 11.1 Å². The molecular formula is C19H19N3O4S2. The summed E-state index contributed by atoms with van der Waals surface area (Å²) in [5.74, 6) is -0.437. The van der Waals surface area contributed by atoms with E-state index >= 15 is 0 Å². The third-order valence-corrected chi connectivity index (χ3v) is 6.08. The van der Waals surface area contributed by atoms with Gasteiger partial charge in [-0.3, -0.25) is 14.4 Å². The van der Waals surface area contributed by atoms with E-state index in [0.29, 0.717) is 21.8 Å². The summed E-state index contributed by atoms with van der Waals surface area (Å²) in [5.41, 5.74) is 6.70. The lowest BCUT2D eigenvalue weighted by Crippen LogP contribution is -2.33. The number of thiophene rings is 1. The number of benzene rings is 1. The molecule has 0 unspecified atom stereocenters. The Labute approximate surface area is 169 Å². The van der Waals surface area contributed by atoms with Crippen LogP contribution in [0.5, 0.6) is 0 Å². The van der Waals surface area contributed by atoms with Crippen molar-refractivity contribution in [3.63, 3.8) is 0 Å². The number of primary amides is 1. The minimum Gasteiger partial charge on any atom is -0.452 e. The smallest absolute Gasteiger partial charge is 0.319 e. The second-order valence-corrected chi connectivity index (χ2v) is 8.33. The van der Waals surface area contributed by atoms with E-state index in [1.54, 1.807) is 6.92 Å². The molecular weight excluding hydrogens is 398 g/mol. The molecule has 146 valence electrons. The summed E-state index contributed by atoms with van der Waals surface area (Å²) in [5, 5.41) is 1.95. The van der Waals surface area contributed by atoms with Crippen molar-refractivity contribution >= 4 is 45.2 Å². The van der Waals surface area contributed by atoms with Crippen LogP contribution < -0.4 is 11.3 Å². The van der Waals surface area contributed by atoms with Gasteiger partial charge in [-0.15, -0.1) is 23.1 Å². The number of hydrogen-bond donors (Lipinski definition) is 2. The van der Waals surface area contributed by atoms with Crippen molar-refractivity contribution in [2.24, 2.45) is 5.73 Å². The normalized spacial score (nSPS) is 13.2. The van der Waals surface area contributed by atoms with Gasteiger partial charge < -0.3 is 15.5 Å². The Bertz CT molecular complexity index is 1060. The Hall–Kier alpha value is -2.65. The first-order valence-corrected chi connectivity index (χ1v) is 10.5. The maximum atomic E-state index is 12.6. The van der Waals surface area contributed by atoms with Crippen molar-refractivity contribution in [3.8, 4) is 11.1 Å². The quantitative estimate of drug-likeness (QED) is 0.571. The molecule has 3 aromatic rings. The molecule has 0 saturated heterocycles. The number of amides is 1. The van der Waals surface area contributed by atoms with Gasteiger partial charge in [-0.05, 0) is 19.4 Å². The molecule has 9 heteroatoms. The zero-order chi connectivity index (χ0) is 20.3. The van der Waals surface area contributed by atoms with Crippen LogP contribution in [0.2, 0.25) is 0 Å². The van der Waals surface area contributed by atoms with Gasteiger partial charge in [0.2, 0.25) is 0 Å². The molecule has 0 saturated carbocycles. The molecule has 2 aromatic heterocycles. The predicted octanol–water partition coefficient (Wildman–Crippen LogP) is 2.69. The largest absolute Gasteiger partial charge is 0.452 e. The van der Waals surface area contributed by atoms with Gasteiger partial charge in [0.25, 0.3) is 11.5 Å². The van der Waals surface area contributed by atoms with Crippen LogP contribution in [0.3, 0.4) is 0 Å². The number of nitrogens with two attached hydrogens (primary N) is 1. The van der Waals surface area contributed by atoms with E-state index in [1.165, 1.54) is 30.0 Å². The van der Waals surface area contributed by atoms with Crippen LogP contribution >= 0.6 is 23.1 Å². The van der Waals surface area contributed by atoms with Gasteiger partial charge in [0.15, 0.2) is 6.10 Å². The Morgan fingerprint density at radius 2 is 2.00 bits per heavy atom. The van der Waals surface area contributed by atoms with Crippen molar-refractivity contribution < 1.29 is 14.3 Å². The molecule has 0 fully saturated rings. The predicted molar refractivity (Wildman–Crippen MR) is 111 cm³/mol. The highest BCUT2D eigenvalue weighted by atomic mass is 32.2. The fourth-order valence-corrected chi connectivity index (χ4v) is 4.20. The number of rotatable bonds is 7. The summed E-state index contributed by atoms with van der Waals surface area (Å²) in [4.78, 5) is 43.5. The summed E-state index contributed by atoms with van der Waals surface area (Å²) < 4.78 is 4.98. The Morgan fingerprint density at radius 1 is 1.29 bits per heavy atom. The Kier molecular flexibility index (Phi) is 6.15. The molecule has 2 atom stereocenters. The van der Waals surface area contributed by atoms with Gasteiger partial charge in [-0.25, -0.2) is 4.98 Å². The highest BCUT2D eigenvalue weighted by Crippen LogP contribution is 2.30. The lowest BCUT2D eigenvalue weighted by molar-refractivity contribution is -0.152. The number of nitrogens with zero attached hydrogens (tertiary/aromatic N) is 1. The molecule has 0 aliphatic rings. The molecule has 0 radical (unpaired) electrons. The van der Waals surface area contributed by atoms with Gasteiger partial charge in [0.1, 0.15) is 15.9 Å². The molecule has 1 amide bonds. The van der Waals surface area contributed by atoms with Crippen LogP contribution in [0, 0.1) is 0 Å². The molecule has 28 heavy (non-hydrogen) atoms. The minimum atomic E-state index is -0.979. The first-order chi connectivity index (χ1) is 13.4. The highest BCUT2D eigenvalue weighted by Gasteiger charge is 2.21. The highest BCUT2D eigenvalue weighted by molar-refractivity contribution is 7.99. The van der Waals surface area contributed by atoms with Crippen LogP contribution in [0.1, 0.15) is 19.7 Å². The first kappa shape index (κ1) is 20.1. The summed E-state index contributed by atoms with van der Waals surface area (Å²) in [6, 6.07) is 9.67. The molecule has 7 nitrogen and oxygen atoms in total. The SMILES string of the molecule is C[C@H](OC(=O)[C@@H](C)SCc1nc2scc(-c3ccccc3)c2c(=O)[nH]1)C(N)=O. The van der Waals surface area contributed by atoms with Crippen LogP contribution in [0.4, 0.5) is 0 Å². The topological polar surface area (TPSA) is 115 Å². The van der Waals surface area contributed by atoms with E-state index in [9.17, 15) is 14.4 Å². The molecule has 0 spiro atoms. The number of aromatic amines is 1. The second-order valence-electron chi connectivity index (χ2n) is 6.14. The standard InChI is InChI=1S/C19H19N3O4S2/c1-10(16(20)23)26-19(25)11(2)27-9-14-21-17(24)15-13(8-28-18(15)22-14)12-6-4-3-5-7-12/h3-8,10-11H,9H2,1-2H3,(H2,20,23)(H,21,22,24)/t10-,11+/m0/s1. The average molecular weight is 418 g/mol. The van der Waals surface area contributed by atoms with E-state index in [1.807, 2.05) is 35.7 Å². The van der Waals surface area contributed by atoms with Crippen molar-refractivity contribution in [2.45, 2.75) is 31.0 Å². The van der Waals surface area contributed by atoms with Gasteiger partial charge in [0, 0.05) is 10.9 Å². The number of esters is 1. The van der Waals surface area contributed by atoms with E-state index < -0.39 is 23.2 Å². The number of thioether (sulfide) groups is 1. The molecule has 2 heterocycles. The number of fused-ring (bicyclic) bond motifs is 1. The molecule has 3 N–H and O–H groups in total. The third kappa shape index (κ3) is 4.42. The summed E-state index contributed by atoms with van der Waals surface area (Å²) in [6.07, 6.45) is -0.979. The van der Waals surface area contributed by atoms with Crippen molar-refractivity contribution in [2.75, 3.05) is 0 Å². The lowest BCUT2D eigenvalue weighted by atomic mass is 10.1. The lowest BCUT2D eigenvalue weighted by Gasteiger charge is -2.14. The van der Waals surface area contributed by atoms with Gasteiger partial charge >= 0.3 is 5.97 Å². The average Bonchev–Trinajstić information content (AvgIpc) is 3.11. The second kappa shape index (κ2) is 8.57. The number of carbonyl (C=O) groups excluding carboxylic acids is 2. The van der Waals surface area contributed by atoms with Crippen LogP contribution in [-0.4, -0.2) is 33.2 Å². The first-order valence-electron chi connectivity index (χ1n) is 8.54. The number of hydrogen-bond acceptors (Lipinski definition) is 7. The molecule has 0 aliphatic heterocycles. The maximum Gasteiger partial charge on any atom is 0.319 e. The van der Waals surface area contributed by atoms with Gasteiger partial charge in [-0.1, -0.05) is 30.3 Å². The van der Waals surface area contributed by atoms with Crippen molar-refractivity contribution in [1.82, 2.24) is 9.97 Å². The number of H-pyrrole nitrogens is 1. The van der Waals surface area contributed by atoms with E-state index in [-0.39, 0.29) is 5.56 Å².